The van der Waals surface area contributed by atoms with E-state index in [1.807, 2.05) is 18.5 Å². The van der Waals surface area contributed by atoms with Crippen molar-refractivity contribution in [2.45, 2.75) is 39.8 Å². The van der Waals surface area contributed by atoms with Crippen molar-refractivity contribution in [2.24, 2.45) is 12.0 Å². The third kappa shape index (κ3) is 6.81. The zero-order valence-electron chi connectivity index (χ0n) is 17.2. The fourth-order valence-electron chi connectivity index (χ4n) is 2.92. The van der Waals surface area contributed by atoms with E-state index in [9.17, 15) is 0 Å². The van der Waals surface area contributed by atoms with Gasteiger partial charge in [-0.05, 0) is 42.3 Å². The minimum Gasteiger partial charge on any atom is -0.356 e. The van der Waals surface area contributed by atoms with Crippen molar-refractivity contribution in [3.63, 3.8) is 0 Å². The van der Waals surface area contributed by atoms with Crippen molar-refractivity contribution in [3.8, 4) is 0 Å². The topological polar surface area (TPSA) is 67.1 Å². The number of nitrogens with one attached hydrogen (secondary N) is 2. The first-order valence-electron chi connectivity index (χ1n) is 9.63. The van der Waals surface area contributed by atoms with Crippen LogP contribution in [0.3, 0.4) is 0 Å². The molecule has 0 aliphatic rings. The number of benzene rings is 1. The summed E-state index contributed by atoms with van der Waals surface area (Å²) in [5.74, 6) is 2.58. The molecule has 0 spiro atoms. The van der Waals surface area contributed by atoms with Crippen LogP contribution in [0, 0.1) is 6.92 Å². The molecule has 0 bridgehead atoms. The van der Waals surface area contributed by atoms with E-state index in [0.717, 1.165) is 37.0 Å². The number of nitrogens with zero attached hydrogens (tertiary/aromatic N) is 4. The van der Waals surface area contributed by atoms with Gasteiger partial charge in [-0.1, -0.05) is 37.3 Å². The number of aromatic nitrogens is 3. The summed E-state index contributed by atoms with van der Waals surface area (Å²) < 4.78 is 1.99. The van der Waals surface area contributed by atoms with E-state index in [2.05, 4.69) is 69.5 Å². The Morgan fingerprint density at radius 3 is 2.55 bits per heavy atom. The zero-order valence-corrected chi connectivity index (χ0v) is 20.3. The predicted octanol–water partition coefficient (Wildman–Crippen LogP) is 3.84. The first kappa shape index (κ1) is 23.3. The number of guanidine groups is 1. The molecule has 0 fully saturated rings. The van der Waals surface area contributed by atoms with E-state index in [1.165, 1.54) is 16.0 Å². The molecule has 2 N–H and O–H groups in total. The average molecular weight is 524 g/mol. The Morgan fingerprint density at radius 2 is 1.90 bits per heavy atom. The smallest absolute Gasteiger partial charge is 0.191 e. The second kappa shape index (κ2) is 11.9. The van der Waals surface area contributed by atoms with E-state index < -0.39 is 0 Å². The van der Waals surface area contributed by atoms with Crippen LogP contribution in [-0.2, 0) is 33.0 Å². The SMILES string of the molecule is CCc1ccccc1CN=C(NCCc1cccs1)NCc1nnc(C)n1C.I. The van der Waals surface area contributed by atoms with Gasteiger partial charge in [-0.2, -0.15) is 0 Å². The van der Waals surface area contributed by atoms with E-state index in [0.29, 0.717) is 13.1 Å². The second-order valence-corrected chi connectivity index (χ2v) is 7.65. The second-order valence-electron chi connectivity index (χ2n) is 6.62. The Hall–Kier alpha value is -1.94. The van der Waals surface area contributed by atoms with Crippen molar-refractivity contribution in [3.05, 3.63) is 69.4 Å². The lowest BCUT2D eigenvalue weighted by Crippen LogP contribution is -2.38. The highest BCUT2D eigenvalue weighted by molar-refractivity contribution is 14.0. The fourth-order valence-corrected chi connectivity index (χ4v) is 3.63. The number of hydrogen-bond donors (Lipinski definition) is 2. The molecule has 156 valence electrons. The highest BCUT2D eigenvalue weighted by Gasteiger charge is 2.07. The molecule has 0 saturated heterocycles. The molecule has 2 aromatic heterocycles. The first-order chi connectivity index (χ1) is 13.7. The summed E-state index contributed by atoms with van der Waals surface area (Å²) in [5.41, 5.74) is 2.60. The highest BCUT2D eigenvalue weighted by Crippen LogP contribution is 2.11. The number of hydrogen-bond acceptors (Lipinski definition) is 4. The average Bonchev–Trinajstić information content (AvgIpc) is 3.34. The molecule has 0 saturated carbocycles. The fraction of sp³-hybridized carbons (Fsp3) is 0.381. The quantitative estimate of drug-likeness (QED) is 0.267. The number of thiophene rings is 1. The molecule has 2 heterocycles. The predicted molar refractivity (Wildman–Crippen MR) is 131 cm³/mol. The van der Waals surface area contributed by atoms with E-state index in [-0.39, 0.29) is 24.0 Å². The van der Waals surface area contributed by atoms with Crippen molar-refractivity contribution in [2.75, 3.05) is 6.54 Å². The zero-order chi connectivity index (χ0) is 19.8. The van der Waals surface area contributed by atoms with Gasteiger partial charge in [0.05, 0.1) is 13.1 Å². The molecular weight excluding hydrogens is 495 g/mol. The molecular formula is C21H29IN6S. The Morgan fingerprint density at radius 1 is 1.10 bits per heavy atom. The molecule has 8 heteroatoms. The summed E-state index contributed by atoms with van der Waals surface area (Å²) in [5, 5.41) is 17.3. The van der Waals surface area contributed by atoms with Gasteiger partial charge in [-0.3, -0.25) is 0 Å². The van der Waals surface area contributed by atoms with Crippen molar-refractivity contribution in [1.29, 1.82) is 0 Å². The van der Waals surface area contributed by atoms with Gasteiger partial charge >= 0.3 is 0 Å². The third-order valence-electron chi connectivity index (χ3n) is 4.75. The van der Waals surface area contributed by atoms with Crippen molar-refractivity contribution < 1.29 is 0 Å². The van der Waals surface area contributed by atoms with Gasteiger partial charge in [0.2, 0.25) is 0 Å². The summed E-state index contributed by atoms with van der Waals surface area (Å²) in [6.45, 7) is 6.19. The van der Waals surface area contributed by atoms with Crippen LogP contribution in [0.15, 0.2) is 46.8 Å². The Kier molecular flexibility index (Phi) is 9.59. The van der Waals surface area contributed by atoms with Crippen LogP contribution in [0.1, 0.15) is 34.6 Å². The van der Waals surface area contributed by atoms with Crippen LogP contribution in [-0.4, -0.2) is 27.3 Å². The standard InChI is InChI=1S/C21H28N6S.HI/c1-4-17-8-5-6-9-18(17)14-23-21(22-12-11-19-10-7-13-28-19)24-15-20-26-25-16(2)27(20)3;/h5-10,13H,4,11-12,14-15H2,1-3H3,(H2,22,23,24);1H. The largest absolute Gasteiger partial charge is 0.356 e. The summed E-state index contributed by atoms with van der Waals surface area (Å²) in [4.78, 5) is 6.18. The number of aliphatic imine (C=N–C) groups is 1. The molecule has 0 aliphatic carbocycles. The monoisotopic (exact) mass is 524 g/mol. The summed E-state index contributed by atoms with van der Waals surface area (Å²) in [7, 11) is 1.98. The summed E-state index contributed by atoms with van der Waals surface area (Å²) in [6.07, 6.45) is 1.99. The van der Waals surface area contributed by atoms with Crippen LogP contribution < -0.4 is 10.6 Å². The van der Waals surface area contributed by atoms with Gasteiger partial charge in [-0.25, -0.2) is 4.99 Å². The first-order valence-corrected chi connectivity index (χ1v) is 10.5. The molecule has 1 aromatic carbocycles. The normalized spacial score (nSPS) is 11.2. The molecule has 0 unspecified atom stereocenters. The molecule has 0 amide bonds. The molecule has 0 aliphatic heterocycles. The van der Waals surface area contributed by atoms with Gasteiger partial charge in [0, 0.05) is 18.5 Å². The van der Waals surface area contributed by atoms with Gasteiger partial charge in [-0.15, -0.1) is 45.5 Å². The maximum atomic E-state index is 4.81. The van der Waals surface area contributed by atoms with Crippen LogP contribution in [0.4, 0.5) is 0 Å². The van der Waals surface area contributed by atoms with E-state index in [1.54, 1.807) is 11.3 Å². The van der Waals surface area contributed by atoms with Gasteiger partial charge in [0.25, 0.3) is 0 Å². The van der Waals surface area contributed by atoms with Gasteiger partial charge < -0.3 is 15.2 Å². The molecule has 0 radical (unpaired) electrons. The lowest BCUT2D eigenvalue weighted by atomic mass is 10.1. The Bertz CT molecular complexity index is 904. The number of rotatable bonds is 8. The van der Waals surface area contributed by atoms with Gasteiger partial charge in [0.1, 0.15) is 5.82 Å². The van der Waals surface area contributed by atoms with Crippen LogP contribution in [0.5, 0.6) is 0 Å². The number of aryl methyl sites for hydroxylation is 2. The lowest BCUT2D eigenvalue weighted by molar-refractivity contribution is 0.713. The number of halogens is 1. The maximum absolute atomic E-state index is 4.81. The van der Waals surface area contributed by atoms with Crippen LogP contribution >= 0.6 is 35.3 Å². The van der Waals surface area contributed by atoms with Crippen molar-refractivity contribution in [1.82, 2.24) is 25.4 Å². The Labute approximate surface area is 193 Å². The third-order valence-corrected chi connectivity index (χ3v) is 5.68. The molecule has 6 nitrogen and oxygen atoms in total. The molecule has 0 atom stereocenters. The van der Waals surface area contributed by atoms with E-state index in [4.69, 9.17) is 4.99 Å². The van der Waals surface area contributed by atoms with Crippen LogP contribution in [0.2, 0.25) is 0 Å². The molecule has 3 rings (SSSR count). The van der Waals surface area contributed by atoms with E-state index >= 15 is 0 Å². The minimum atomic E-state index is 0. The highest BCUT2D eigenvalue weighted by atomic mass is 127. The minimum absolute atomic E-state index is 0. The molecule has 3 aromatic rings. The Balaban J connectivity index is 0.00000300. The summed E-state index contributed by atoms with van der Waals surface area (Å²) in [6, 6.07) is 12.7. The molecule has 29 heavy (non-hydrogen) atoms. The van der Waals surface area contributed by atoms with Crippen LogP contribution in [0.25, 0.3) is 0 Å². The lowest BCUT2D eigenvalue weighted by Gasteiger charge is -2.13. The van der Waals surface area contributed by atoms with Gasteiger partial charge in [0.15, 0.2) is 11.8 Å². The van der Waals surface area contributed by atoms with Crippen molar-refractivity contribution >= 4 is 41.3 Å². The maximum Gasteiger partial charge on any atom is 0.191 e. The summed E-state index contributed by atoms with van der Waals surface area (Å²) >= 11 is 1.78.